The lowest BCUT2D eigenvalue weighted by atomic mass is 10.0. The fourth-order valence-electron chi connectivity index (χ4n) is 4.25. The molecule has 0 spiro atoms. The van der Waals surface area contributed by atoms with Gasteiger partial charge in [-0.2, -0.15) is 0 Å². The van der Waals surface area contributed by atoms with Gasteiger partial charge in [0.25, 0.3) is 0 Å². The first-order valence-electron chi connectivity index (χ1n) is 11.7. The minimum absolute atomic E-state index is 0.645. The Hall–Kier alpha value is -3.56. The number of halogens is 1. The molecule has 0 unspecified atom stereocenters. The largest absolute Gasteiger partial charge is 0.492 e. The number of aromatic nitrogens is 2. The van der Waals surface area contributed by atoms with Gasteiger partial charge in [0.2, 0.25) is 0 Å². The van der Waals surface area contributed by atoms with Gasteiger partial charge in [-0.25, -0.2) is 4.98 Å². The fourth-order valence-corrected chi connectivity index (χ4v) is 4.44. The number of fused-ring (bicyclic) bond motifs is 1. The van der Waals surface area contributed by atoms with Crippen LogP contribution < -0.4 is 4.74 Å². The van der Waals surface area contributed by atoms with Gasteiger partial charge in [0, 0.05) is 13.0 Å². The minimum Gasteiger partial charge on any atom is -0.492 e. The number of hydrogen-bond acceptors (Lipinski definition) is 2. The molecule has 5 rings (SSSR count). The summed E-state index contributed by atoms with van der Waals surface area (Å²) in [7, 11) is 0. The Morgan fingerprint density at radius 3 is 2.24 bits per heavy atom. The monoisotopic (exact) mass is 466 g/mol. The van der Waals surface area contributed by atoms with E-state index in [2.05, 4.69) is 77.4 Å². The topological polar surface area (TPSA) is 27.1 Å². The van der Waals surface area contributed by atoms with Crippen LogP contribution in [0, 0.1) is 0 Å². The number of benzene rings is 4. The van der Waals surface area contributed by atoms with E-state index in [9.17, 15) is 0 Å². The molecule has 34 heavy (non-hydrogen) atoms. The van der Waals surface area contributed by atoms with Crippen molar-refractivity contribution >= 4 is 22.6 Å². The average molecular weight is 467 g/mol. The standard InChI is InChI=1S/C30H27ClN2O/c31-26-12-4-7-15-29(26)34-21-9-8-20-33-28-14-6-5-13-27(28)32-30(33)22-23-16-18-25(19-17-23)24-10-2-1-3-11-24/h1-7,10-19H,8-9,20-22H2. The van der Waals surface area contributed by atoms with E-state index in [0.29, 0.717) is 11.6 Å². The highest BCUT2D eigenvalue weighted by Crippen LogP contribution is 2.24. The highest BCUT2D eigenvalue weighted by molar-refractivity contribution is 6.32. The van der Waals surface area contributed by atoms with Gasteiger partial charge < -0.3 is 9.30 Å². The second-order valence-electron chi connectivity index (χ2n) is 8.39. The Morgan fingerprint density at radius 1 is 0.706 bits per heavy atom. The second-order valence-corrected chi connectivity index (χ2v) is 8.80. The summed E-state index contributed by atoms with van der Waals surface area (Å²) in [5, 5.41) is 0.656. The molecule has 0 aliphatic heterocycles. The molecule has 0 amide bonds. The van der Waals surface area contributed by atoms with Crippen LogP contribution in [-0.4, -0.2) is 16.2 Å². The Morgan fingerprint density at radius 2 is 1.41 bits per heavy atom. The van der Waals surface area contributed by atoms with Gasteiger partial charge in [-0.05, 0) is 53.8 Å². The van der Waals surface area contributed by atoms with Crippen LogP contribution in [0.15, 0.2) is 103 Å². The van der Waals surface area contributed by atoms with Gasteiger partial charge in [-0.15, -0.1) is 0 Å². The van der Waals surface area contributed by atoms with Crippen LogP contribution in [0.2, 0.25) is 5.02 Å². The predicted octanol–water partition coefficient (Wildman–Crippen LogP) is 7.81. The number of para-hydroxylation sites is 3. The maximum Gasteiger partial charge on any atom is 0.137 e. The smallest absolute Gasteiger partial charge is 0.137 e. The normalized spacial score (nSPS) is 11.1. The molecule has 0 bridgehead atoms. The molecule has 5 aromatic rings. The van der Waals surface area contributed by atoms with Gasteiger partial charge in [0.1, 0.15) is 11.6 Å². The van der Waals surface area contributed by atoms with Crippen LogP contribution in [-0.2, 0) is 13.0 Å². The molecule has 0 aliphatic rings. The summed E-state index contributed by atoms with van der Waals surface area (Å²) in [6.07, 6.45) is 2.76. The van der Waals surface area contributed by atoms with Crippen LogP contribution in [0.4, 0.5) is 0 Å². The number of nitrogens with zero attached hydrogens (tertiary/aromatic N) is 2. The van der Waals surface area contributed by atoms with E-state index in [4.69, 9.17) is 21.3 Å². The molecule has 0 radical (unpaired) electrons. The number of rotatable bonds is 9. The van der Waals surface area contributed by atoms with Crippen LogP contribution in [0.25, 0.3) is 22.2 Å². The number of imidazole rings is 1. The second kappa shape index (κ2) is 10.6. The maximum atomic E-state index is 6.19. The average Bonchev–Trinajstić information content (AvgIpc) is 3.23. The van der Waals surface area contributed by atoms with Crippen molar-refractivity contribution in [2.75, 3.05) is 6.61 Å². The molecular weight excluding hydrogens is 440 g/mol. The Bertz CT molecular complexity index is 1360. The first-order valence-corrected chi connectivity index (χ1v) is 12.1. The van der Waals surface area contributed by atoms with Gasteiger partial charge >= 0.3 is 0 Å². The molecule has 1 aromatic heterocycles. The molecule has 1 heterocycles. The summed E-state index contributed by atoms with van der Waals surface area (Å²) in [6.45, 7) is 1.55. The molecule has 170 valence electrons. The van der Waals surface area contributed by atoms with Crippen molar-refractivity contribution in [2.24, 2.45) is 0 Å². The third-order valence-corrected chi connectivity index (χ3v) is 6.34. The van der Waals surface area contributed by atoms with Gasteiger partial charge in [-0.3, -0.25) is 0 Å². The van der Waals surface area contributed by atoms with Crippen molar-refractivity contribution in [3.8, 4) is 16.9 Å². The van der Waals surface area contributed by atoms with Gasteiger partial charge in [0.15, 0.2) is 0 Å². The molecule has 3 nitrogen and oxygen atoms in total. The first-order chi connectivity index (χ1) is 16.8. The number of aryl methyl sites for hydroxylation is 1. The molecule has 0 aliphatic carbocycles. The highest BCUT2D eigenvalue weighted by Gasteiger charge is 2.11. The molecule has 0 N–H and O–H groups in total. The molecule has 0 atom stereocenters. The van der Waals surface area contributed by atoms with E-state index in [-0.39, 0.29) is 0 Å². The fraction of sp³-hybridized carbons (Fsp3) is 0.167. The zero-order valence-electron chi connectivity index (χ0n) is 19.0. The molecular formula is C30H27ClN2O. The van der Waals surface area contributed by atoms with Crippen molar-refractivity contribution in [3.63, 3.8) is 0 Å². The third kappa shape index (κ3) is 5.16. The van der Waals surface area contributed by atoms with Crippen LogP contribution >= 0.6 is 11.6 Å². The van der Waals surface area contributed by atoms with Crippen LogP contribution in [0.1, 0.15) is 24.2 Å². The summed E-state index contributed by atoms with van der Waals surface area (Å²) < 4.78 is 8.22. The maximum absolute atomic E-state index is 6.19. The molecule has 4 heteroatoms. The quantitative estimate of drug-likeness (QED) is 0.207. The lowest BCUT2D eigenvalue weighted by Gasteiger charge is -2.11. The Balaban J connectivity index is 1.27. The Labute approximate surface area is 205 Å². The van der Waals surface area contributed by atoms with E-state index in [1.807, 2.05) is 30.3 Å². The van der Waals surface area contributed by atoms with Crippen molar-refractivity contribution in [1.29, 1.82) is 0 Å². The summed E-state index contributed by atoms with van der Waals surface area (Å²) in [6, 6.07) is 35.3. The minimum atomic E-state index is 0.645. The number of hydrogen-bond donors (Lipinski definition) is 0. The van der Waals surface area contributed by atoms with Crippen molar-refractivity contribution in [1.82, 2.24) is 9.55 Å². The van der Waals surface area contributed by atoms with Crippen LogP contribution in [0.3, 0.4) is 0 Å². The molecule has 0 fully saturated rings. The predicted molar refractivity (Wildman–Crippen MR) is 141 cm³/mol. The van der Waals surface area contributed by atoms with E-state index in [1.54, 1.807) is 0 Å². The molecule has 4 aromatic carbocycles. The summed E-state index contributed by atoms with van der Waals surface area (Å²) in [4.78, 5) is 4.96. The Kier molecular flexibility index (Phi) is 6.92. The highest BCUT2D eigenvalue weighted by atomic mass is 35.5. The number of ether oxygens (including phenoxy) is 1. The SMILES string of the molecule is Clc1ccccc1OCCCCn1c(Cc2ccc(-c3ccccc3)cc2)nc2ccccc21. The van der Waals surface area contributed by atoms with E-state index in [0.717, 1.165) is 42.9 Å². The third-order valence-electron chi connectivity index (χ3n) is 6.03. The van der Waals surface area contributed by atoms with Crippen molar-refractivity contribution < 1.29 is 4.74 Å². The molecule has 0 saturated heterocycles. The zero-order valence-corrected chi connectivity index (χ0v) is 19.8. The first kappa shape index (κ1) is 22.2. The zero-order chi connectivity index (χ0) is 23.2. The van der Waals surface area contributed by atoms with Crippen molar-refractivity contribution in [2.45, 2.75) is 25.8 Å². The number of unbranched alkanes of at least 4 members (excludes halogenated alkanes) is 1. The van der Waals surface area contributed by atoms with E-state index in [1.165, 1.54) is 22.2 Å². The summed E-state index contributed by atoms with van der Waals surface area (Å²) in [5.74, 6) is 1.84. The van der Waals surface area contributed by atoms with Crippen molar-refractivity contribution in [3.05, 3.63) is 120 Å². The van der Waals surface area contributed by atoms with Crippen LogP contribution in [0.5, 0.6) is 5.75 Å². The summed E-state index contributed by atoms with van der Waals surface area (Å²) >= 11 is 6.19. The lowest BCUT2D eigenvalue weighted by Crippen LogP contribution is -2.07. The van der Waals surface area contributed by atoms with E-state index < -0.39 is 0 Å². The summed E-state index contributed by atoms with van der Waals surface area (Å²) in [5.41, 5.74) is 5.96. The molecule has 0 saturated carbocycles. The van der Waals surface area contributed by atoms with Gasteiger partial charge in [0.05, 0.1) is 22.7 Å². The van der Waals surface area contributed by atoms with E-state index >= 15 is 0 Å². The lowest BCUT2D eigenvalue weighted by molar-refractivity contribution is 0.303. The van der Waals surface area contributed by atoms with Gasteiger partial charge in [-0.1, -0.05) is 90.5 Å².